The highest BCUT2D eigenvalue weighted by molar-refractivity contribution is 5.44. The summed E-state index contributed by atoms with van der Waals surface area (Å²) in [5.74, 6) is 1.38. The third-order valence-electron chi connectivity index (χ3n) is 3.06. The Balaban J connectivity index is 2.13. The van der Waals surface area contributed by atoms with E-state index in [1.165, 1.54) is 0 Å². The first kappa shape index (κ1) is 14.2. The third kappa shape index (κ3) is 3.39. The number of hydrogen-bond donors (Lipinski definition) is 1. The second kappa shape index (κ2) is 6.78. The normalized spacial score (nSPS) is 11.7. The molecule has 0 unspecified atom stereocenters. The summed E-state index contributed by atoms with van der Waals surface area (Å²) in [4.78, 5) is 0. The van der Waals surface area contributed by atoms with Gasteiger partial charge >= 0.3 is 0 Å². The number of benzene rings is 2. The first-order valence-corrected chi connectivity index (χ1v) is 6.47. The van der Waals surface area contributed by atoms with Gasteiger partial charge < -0.3 is 15.2 Å². The highest BCUT2D eigenvalue weighted by atomic mass is 16.5. The van der Waals surface area contributed by atoms with Crippen LogP contribution in [0.25, 0.3) is 0 Å². The van der Waals surface area contributed by atoms with E-state index in [4.69, 9.17) is 15.2 Å². The minimum atomic E-state index is -0.202. The molecule has 0 amide bonds. The summed E-state index contributed by atoms with van der Waals surface area (Å²) < 4.78 is 11.1. The van der Waals surface area contributed by atoms with Gasteiger partial charge in [0.1, 0.15) is 6.61 Å². The van der Waals surface area contributed by atoms with Crippen LogP contribution in [0.3, 0.4) is 0 Å². The average Bonchev–Trinajstić information content (AvgIpc) is 2.53. The summed E-state index contributed by atoms with van der Waals surface area (Å²) in [7, 11) is 1.62. The van der Waals surface area contributed by atoms with Gasteiger partial charge in [-0.1, -0.05) is 42.5 Å². The maximum absolute atomic E-state index is 5.92. The third-order valence-corrected chi connectivity index (χ3v) is 3.06. The van der Waals surface area contributed by atoms with E-state index >= 15 is 0 Å². The van der Waals surface area contributed by atoms with Crippen LogP contribution in [-0.2, 0) is 6.61 Å². The van der Waals surface area contributed by atoms with E-state index < -0.39 is 0 Å². The van der Waals surface area contributed by atoms with Gasteiger partial charge in [-0.3, -0.25) is 0 Å². The Morgan fingerprint density at radius 3 is 2.55 bits per heavy atom. The van der Waals surface area contributed by atoms with E-state index in [0.29, 0.717) is 18.1 Å². The molecule has 0 saturated carbocycles. The second-order valence-corrected chi connectivity index (χ2v) is 4.45. The molecular weight excluding hydrogens is 250 g/mol. The van der Waals surface area contributed by atoms with Gasteiger partial charge in [0.25, 0.3) is 0 Å². The van der Waals surface area contributed by atoms with E-state index in [0.717, 1.165) is 11.1 Å². The van der Waals surface area contributed by atoms with Gasteiger partial charge in [-0.2, -0.15) is 0 Å². The minimum absolute atomic E-state index is 0.202. The fraction of sp³-hybridized carbons (Fsp3) is 0.176. The molecule has 0 heterocycles. The van der Waals surface area contributed by atoms with Crippen molar-refractivity contribution < 1.29 is 9.47 Å². The van der Waals surface area contributed by atoms with Crippen molar-refractivity contribution in [3.05, 3.63) is 72.3 Å². The zero-order valence-corrected chi connectivity index (χ0v) is 11.6. The van der Waals surface area contributed by atoms with E-state index in [-0.39, 0.29) is 6.04 Å². The highest BCUT2D eigenvalue weighted by Crippen LogP contribution is 2.30. The van der Waals surface area contributed by atoms with Gasteiger partial charge in [0.15, 0.2) is 11.5 Å². The molecule has 0 aliphatic heterocycles. The van der Waals surface area contributed by atoms with Gasteiger partial charge in [-0.15, -0.1) is 6.58 Å². The van der Waals surface area contributed by atoms with Crippen molar-refractivity contribution >= 4 is 0 Å². The van der Waals surface area contributed by atoms with Crippen LogP contribution >= 0.6 is 0 Å². The molecule has 0 bridgehead atoms. The van der Waals surface area contributed by atoms with Gasteiger partial charge in [-0.05, 0) is 23.3 Å². The molecule has 2 rings (SSSR count). The molecule has 3 heteroatoms. The van der Waals surface area contributed by atoms with Crippen molar-refractivity contribution in [2.75, 3.05) is 7.11 Å². The molecule has 1 atom stereocenters. The largest absolute Gasteiger partial charge is 0.493 e. The molecule has 2 aromatic carbocycles. The molecule has 0 fully saturated rings. The summed E-state index contributed by atoms with van der Waals surface area (Å²) >= 11 is 0. The number of nitrogens with two attached hydrogens (primary N) is 1. The quantitative estimate of drug-likeness (QED) is 0.817. The Labute approximate surface area is 119 Å². The lowest BCUT2D eigenvalue weighted by molar-refractivity contribution is 0.284. The Bertz CT molecular complexity index is 566. The van der Waals surface area contributed by atoms with Crippen LogP contribution < -0.4 is 15.2 Å². The summed E-state index contributed by atoms with van der Waals surface area (Å²) in [5, 5.41) is 0. The van der Waals surface area contributed by atoms with E-state index in [2.05, 4.69) is 6.58 Å². The summed E-state index contributed by atoms with van der Waals surface area (Å²) in [6.07, 6.45) is 1.69. The maximum atomic E-state index is 5.92. The molecular formula is C17H19NO2. The molecule has 0 aromatic heterocycles. The van der Waals surface area contributed by atoms with Crippen LogP contribution in [0.15, 0.2) is 61.2 Å². The van der Waals surface area contributed by atoms with Crippen LogP contribution in [0.1, 0.15) is 17.2 Å². The Hall–Kier alpha value is -2.26. The lowest BCUT2D eigenvalue weighted by Crippen LogP contribution is -2.07. The molecule has 0 radical (unpaired) electrons. The first-order chi connectivity index (χ1) is 9.74. The van der Waals surface area contributed by atoms with Crippen LogP contribution in [0.5, 0.6) is 11.5 Å². The molecule has 2 aromatic rings. The Morgan fingerprint density at radius 1 is 1.15 bits per heavy atom. The van der Waals surface area contributed by atoms with E-state index in [1.807, 2.05) is 48.5 Å². The van der Waals surface area contributed by atoms with Crippen molar-refractivity contribution in [2.24, 2.45) is 5.73 Å². The molecule has 0 aliphatic carbocycles. The van der Waals surface area contributed by atoms with Gasteiger partial charge in [0.2, 0.25) is 0 Å². The molecule has 0 saturated heterocycles. The SMILES string of the molecule is C=C[C@H](N)c1ccc(OCc2ccccc2)c(OC)c1. The van der Waals surface area contributed by atoms with Crippen molar-refractivity contribution in [1.29, 1.82) is 0 Å². The topological polar surface area (TPSA) is 44.5 Å². The maximum Gasteiger partial charge on any atom is 0.161 e. The predicted octanol–water partition coefficient (Wildman–Crippen LogP) is 3.46. The fourth-order valence-corrected chi connectivity index (χ4v) is 1.88. The number of rotatable bonds is 6. The highest BCUT2D eigenvalue weighted by Gasteiger charge is 2.09. The van der Waals surface area contributed by atoms with Crippen LogP contribution in [-0.4, -0.2) is 7.11 Å². The van der Waals surface area contributed by atoms with Gasteiger partial charge in [0, 0.05) is 6.04 Å². The second-order valence-electron chi connectivity index (χ2n) is 4.45. The first-order valence-electron chi connectivity index (χ1n) is 6.47. The Kier molecular flexibility index (Phi) is 4.80. The number of hydrogen-bond acceptors (Lipinski definition) is 3. The molecule has 3 nitrogen and oxygen atoms in total. The zero-order chi connectivity index (χ0) is 14.4. The average molecular weight is 269 g/mol. The van der Waals surface area contributed by atoms with E-state index in [1.54, 1.807) is 13.2 Å². The number of methoxy groups -OCH3 is 1. The Morgan fingerprint density at radius 2 is 1.90 bits per heavy atom. The van der Waals surface area contributed by atoms with Crippen molar-refractivity contribution in [2.45, 2.75) is 12.6 Å². The molecule has 104 valence electrons. The fourth-order valence-electron chi connectivity index (χ4n) is 1.88. The van der Waals surface area contributed by atoms with E-state index in [9.17, 15) is 0 Å². The lowest BCUT2D eigenvalue weighted by atomic mass is 10.1. The van der Waals surface area contributed by atoms with Gasteiger partial charge in [-0.25, -0.2) is 0 Å². The lowest BCUT2D eigenvalue weighted by Gasteiger charge is -2.14. The zero-order valence-electron chi connectivity index (χ0n) is 11.6. The molecule has 0 aliphatic rings. The minimum Gasteiger partial charge on any atom is -0.493 e. The van der Waals surface area contributed by atoms with Crippen molar-refractivity contribution in [1.82, 2.24) is 0 Å². The summed E-state index contributed by atoms with van der Waals surface area (Å²) in [6, 6.07) is 15.5. The predicted molar refractivity (Wildman–Crippen MR) is 80.9 cm³/mol. The molecule has 20 heavy (non-hydrogen) atoms. The standard InChI is InChI=1S/C17H19NO2/c1-3-15(18)14-9-10-16(17(11-14)19-2)20-12-13-7-5-4-6-8-13/h3-11,15H,1,12,18H2,2H3/t15-/m0/s1. The summed E-state index contributed by atoms with van der Waals surface area (Å²) in [6.45, 7) is 4.20. The van der Waals surface area contributed by atoms with Crippen molar-refractivity contribution in [3.63, 3.8) is 0 Å². The molecule has 0 spiro atoms. The monoisotopic (exact) mass is 269 g/mol. The summed E-state index contributed by atoms with van der Waals surface area (Å²) in [5.41, 5.74) is 7.98. The smallest absolute Gasteiger partial charge is 0.161 e. The van der Waals surface area contributed by atoms with Crippen molar-refractivity contribution in [3.8, 4) is 11.5 Å². The van der Waals surface area contributed by atoms with Crippen LogP contribution in [0, 0.1) is 0 Å². The van der Waals surface area contributed by atoms with Crippen LogP contribution in [0.4, 0.5) is 0 Å². The molecule has 2 N–H and O–H groups in total. The van der Waals surface area contributed by atoms with Gasteiger partial charge in [0.05, 0.1) is 7.11 Å². The van der Waals surface area contributed by atoms with Crippen LogP contribution in [0.2, 0.25) is 0 Å². The number of ether oxygens (including phenoxy) is 2.